The lowest BCUT2D eigenvalue weighted by Gasteiger charge is -2.32. The molecule has 5 nitrogen and oxygen atoms in total. The molecular weight excluding hydrogens is 366 g/mol. The van der Waals surface area contributed by atoms with Crippen molar-refractivity contribution in [3.8, 4) is 0 Å². The third-order valence-electron chi connectivity index (χ3n) is 5.40. The average molecular weight is 391 g/mol. The summed E-state index contributed by atoms with van der Waals surface area (Å²) in [4.78, 5) is 24.3. The van der Waals surface area contributed by atoms with E-state index < -0.39 is 17.0 Å². The van der Waals surface area contributed by atoms with Crippen LogP contribution in [0.5, 0.6) is 0 Å². The number of aromatic carboxylic acids is 1. The van der Waals surface area contributed by atoms with Crippen molar-refractivity contribution in [3.63, 3.8) is 0 Å². The molecule has 3 rings (SSSR count). The fourth-order valence-corrected chi connectivity index (χ4v) is 3.95. The third kappa shape index (κ3) is 4.00. The van der Waals surface area contributed by atoms with Crippen molar-refractivity contribution in [2.24, 2.45) is 0 Å². The summed E-state index contributed by atoms with van der Waals surface area (Å²) in [5, 5.41) is 20.2. The molecule has 0 bridgehead atoms. The first-order valence-electron chi connectivity index (χ1n) is 9.55. The van der Waals surface area contributed by atoms with Crippen LogP contribution < -0.4 is 5.43 Å². The highest BCUT2D eigenvalue weighted by molar-refractivity contribution is 5.87. The predicted octanol–water partition coefficient (Wildman–Crippen LogP) is 3.89. The molecule has 0 saturated carbocycles. The molecule has 0 spiro atoms. The number of benzene rings is 1. The summed E-state index contributed by atoms with van der Waals surface area (Å²) < 4.78 is 1.79. The number of carboxylic acids is 1. The maximum absolute atomic E-state index is 12.7. The Morgan fingerprint density at radius 3 is 2.55 bits per heavy atom. The topological polar surface area (TPSA) is 79.5 Å². The van der Waals surface area contributed by atoms with Gasteiger partial charge in [-0.25, -0.2) is 4.79 Å². The van der Waals surface area contributed by atoms with Gasteiger partial charge in [-0.15, -0.1) is 0 Å². The Morgan fingerprint density at radius 2 is 1.97 bits per heavy atom. The standard InChI is InChI=1S/C24H25NO4/c1-4-7-17(5-2)18-11-9-16(10-12-18)14-25-15-19(23(27)28)22(26)21-20(25)8-6-13-24(21,3)29/h4-5,7,9-12,15,29H,1-2,6,8,13-14H2,3H3,(H,27,28)/b17-7+. The van der Waals surface area contributed by atoms with Gasteiger partial charge in [-0.3, -0.25) is 4.79 Å². The second-order valence-corrected chi connectivity index (χ2v) is 7.51. The van der Waals surface area contributed by atoms with Gasteiger partial charge in [-0.2, -0.15) is 0 Å². The van der Waals surface area contributed by atoms with Crippen LogP contribution in [-0.2, 0) is 18.6 Å². The van der Waals surface area contributed by atoms with Gasteiger partial charge < -0.3 is 14.8 Å². The van der Waals surface area contributed by atoms with Crippen LogP contribution in [0.3, 0.4) is 0 Å². The minimum atomic E-state index is -1.32. The Bertz CT molecular complexity index is 1060. The zero-order chi connectivity index (χ0) is 21.2. The number of pyridine rings is 1. The van der Waals surface area contributed by atoms with E-state index in [1.54, 1.807) is 23.6 Å². The lowest BCUT2D eigenvalue weighted by atomic mass is 9.81. The Hall–Kier alpha value is -3.18. The fraction of sp³-hybridized carbons (Fsp3) is 0.250. The van der Waals surface area contributed by atoms with Crippen LogP contribution in [-0.4, -0.2) is 20.7 Å². The quantitative estimate of drug-likeness (QED) is 0.732. The van der Waals surface area contributed by atoms with E-state index in [1.807, 2.05) is 30.3 Å². The van der Waals surface area contributed by atoms with E-state index in [0.717, 1.165) is 23.1 Å². The van der Waals surface area contributed by atoms with Crippen molar-refractivity contribution in [1.82, 2.24) is 4.57 Å². The molecule has 0 radical (unpaired) electrons. The van der Waals surface area contributed by atoms with Crippen LogP contribution in [0, 0.1) is 0 Å². The van der Waals surface area contributed by atoms with Crippen LogP contribution in [0.4, 0.5) is 0 Å². The number of carboxylic acid groups (broad SMARTS) is 1. The summed E-state index contributed by atoms with van der Waals surface area (Å²) in [7, 11) is 0. The second kappa shape index (κ2) is 8.05. The summed E-state index contributed by atoms with van der Waals surface area (Å²) in [5.41, 5.74) is 1.61. The van der Waals surface area contributed by atoms with E-state index in [9.17, 15) is 19.8 Å². The summed E-state index contributed by atoms with van der Waals surface area (Å²) in [6, 6.07) is 7.86. The third-order valence-corrected chi connectivity index (χ3v) is 5.40. The molecule has 0 fully saturated rings. The van der Waals surface area contributed by atoms with Crippen molar-refractivity contribution in [2.75, 3.05) is 0 Å². The van der Waals surface area contributed by atoms with Gasteiger partial charge in [0.25, 0.3) is 0 Å². The molecule has 0 saturated heterocycles. The summed E-state index contributed by atoms with van der Waals surface area (Å²) in [5.74, 6) is -1.28. The fourth-order valence-electron chi connectivity index (χ4n) is 3.95. The first-order chi connectivity index (χ1) is 13.8. The zero-order valence-corrected chi connectivity index (χ0v) is 16.5. The van der Waals surface area contributed by atoms with Crippen LogP contribution in [0.15, 0.2) is 66.6 Å². The van der Waals surface area contributed by atoms with Crippen molar-refractivity contribution in [3.05, 3.63) is 100 Å². The molecule has 150 valence electrons. The number of hydrogen-bond donors (Lipinski definition) is 2. The highest BCUT2D eigenvalue weighted by Crippen LogP contribution is 2.33. The maximum Gasteiger partial charge on any atom is 0.341 e. The van der Waals surface area contributed by atoms with Crippen LogP contribution in [0.1, 0.15) is 52.5 Å². The minimum absolute atomic E-state index is 0.211. The monoisotopic (exact) mass is 391 g/mol. The highest BCUT2D eigenvalue weighted by atomic mass is 16.4. The molecule has 2 N–H and O–H groups in total. The van der Waals surface area contributed by atoms with Crippen LogP contribution in [0.2, 0.25) is 0 Å². The number of allylic oxidation sites excluding steroid dienone is 4. The maximum atomic E-state index is 12.7. The summed E-state index contributed by atoms with van der Waals surface area (Å²) >= 11 is 0. The number of carbonyl (C=O) groups is 1. The molecule has 1 aliphatic rings. The number of nitrogens with zero attached hydrogens (tertiary/aromatic N) is 1. The lowest BCUT2D eigenvalue weighted by Crippen LogP contribution is -2.38. The summed E-state index contributed by atoms with van der Waals surface area (Å²) in [6.45, 7) is 9.52. The van der Waals surface area contributed by atoms with E-state index in [1.165, 1.54) is 6.20 Å². The lowest BCUT2D eigenvalue weighted by molar-refractivity contribution is 0.0357. The van der Waals surface area contributed by atoms with E-state index in [4.69, 9.17) is 0 Å². The van der Waals surface area contributed by atoms with Gasteiger partial charge in [0.05, 0.1) is 11.2 Å². The van der Waals surface area contributed by atoms with Gasteiger partial charge in [-0.05, 0) is 42.9 Å². The van der Waals surface area contributed by atoms with E-state index in [2.05, 4.69) is 13.2 Å². The number of aliphatic hydroxyl groups is 1. The molecule has 1 aromatic carbocycles. The molecule has 0 amide bonds. The van der Waals surface area contributed by atoms with Crippen molar-refractivity contribution in [2.45, 2.75) is 38.3 Å². The predicted molar refractivity (Wildman–Crippen MR) is 114 cm³/mol. The Labute approximate surface area is 169 Å². The molecule has 5 heteroatoms. The Morgan fingerprint density at radius 1 is 1.28 bits per heavy atom. The molecule has 1 unspecified atom stereocenters. The van der Waals surface area contributed by atoms with E-state index in [0.29, 0.717) is 25.1 Å². The molecule has 1 aliphatic carbocycles. The van der Waals surface area contributed by atoms with Crippen molar-refractivity contribution in [1.29, 1.82) is 0 Å². The zero-order valence-electron chi connectivity index (χ0n) is 16.5. The molecule has 1 atom stereocenters. The molecule has 0 aliphatic heterocycles. The SMILES string of the molecule is C=C/C=C(\C=C)c1ccc(Cn2cc(C(=O)O)c(=O)c3c2CCCC3(C)O)cc1. The highest BCUT2D eigenvalue weighted by Gasteiger charge is 2.35. The van der Waals surface area contributed by atoms with Crippen molar-refractivity contribution >= 4 is 11.5 Å². The first kappa shape index (κ1) is 20.6. The van der Waals surface area contributed by atoms with Crippen LogP contribution >= 0.6 is 0 Å². The molecule has 2 aromatic rings. The Kier molecular flexibility index (Phi) is 5.71. The number of fused-ring (bicyclic) bond motifs is 1. The van der Waals surface area contributed by atoms with Crippen LogP contribution in [0.25, 0.3) is 5.57 Å². The second-order valence-electron chi connectivity index (χ2n) is 7.51. The van der Waals surface area contributed by atoms with Gasteiger partial charge in [-0.1, -0.05) is 55.7 Å². The number of hydrogen-bond acceptors (Lipinski definition) is 3. The van der Waals surface area contributed by atoms with E-state index in [-0.39, 0.29) is 11.1 Å². The van der Waals surface area contributed by atoms with Crippen molar-refractivity contribution < 1.29 is 15.0 Å². The van der Waals surface area contributed by atoms with Gasteiger partial charge in [0, 0.05) is 18.4 Å². The largest absolute Gasteiger partial charge is 0.477 e. The normalized spacial score (nSPS) is 18.8. The number of aromatic nitrogens is 1. The van der Waals surface area contributed by atoms with Gasteiger partial charge in [0.15, 0.2) is 0 Å². The smallest absolute Gasteiger partial charge is 0.341 e. The first-order valence-corrected chi connectivity index (χ1v) is 9.55. The van der Waals surface area contributed by atoms with Gasteiger partial charge in [0.1, 0.15) is 5.56 Å². The van der Waals surface area contributed by atoms with Gasteiger partial charge in [0.2, 0.25) is 5.43 Å². The molecule has 29 heavy (non-hydrogen) atoms. The van der Waals surface area contributed by atoms with E-state index >= 15 is 0 Å². The molecule has 1 heterocycles. The minimum Gasteiger partial charge on any atom is -0.477 e. The number of rotatable bonds is 6. The molecule has 1 aromatic heterocycles. The van der Waals surface area contributed by atoms with Gasteiger partial charge >= 0.3 is 5.97 Å². The summed E-state index contributed by atoms with van der Waals surface area (Å²) in [6.07, 6.45) is 8.54. The molecular formula is C24H25NO4. The Balaban J connectivity index is 2.06. The average Bonchev–Trinajstić information content (AvgIpc) is 2.68.